The third-order valence-electron chi connectivity index (χ3n) is 4.15. The Balaban J connectivity index is 1.84. The fourth-order valence-electron chi connectivity index (χ4n) is 3.48. The fourth-order valence-corrected chi connectivity index (χ4v) is 6.79. The van der Waals surface area contributed by atoms with E-state index in [4.69, 9.17) is 18.0 Å². The Kier molecular flexibility index (Phi) is 3.15. The lowest BCUT2D eigenvalue weighted by Crippen LogP contribution is -2.50. The first-order valence-corrected chi connectivity index (χ1v) is 8.80. The van der Waals surface area contributed by atoms with Crippen LogP contribution in [-0.4, -0.2) is 40.3 Å². The van der Waals surface area contributed by atoms with Gasteiger partial charge in [0.15, 0.2) is 0 Å². The Morgan fingerprint density at radius 3 is 2.22 bits per heavy atom. The van der Waals surface area contributed by atoms with Gasteiger partial charge in [0.2, 0.25) is 0 Å². The lowest BCUT2D eigenvalue weighted by atomic mass is 10.1. The van der Waals surface area contributed by atoms with Gasteiger partial charge in [-0.15, -0.1) is 0 Å². The van der Waals surface area contributed by atoms with E-state index in [1.807, 2.05) is 20.8 Å². The van der Waals surface area contributed by atoms with Gasteiger partial charge in [0.25, 0.3) is 0 Å². The van der Waals surface area contributed by atoms with Crippen LogP contribution in [0.1, 0.15) is 33.6 Å². The van der Waals surface area contributed by atoms with Gasteiger partial charge in [0, 0.05) is 26.2 Å². The normalized spacial score (nSPS) is 36.7. The van der Waals surface area contributed by atoms with Crippen molar-refractivity contribution in [2.45, 2.75) is 50.9 Å². The summed E-state index contributed by atoms with van der Waals surface area (Å²) < 4.78 is 23.8. The third kappa shape index (κ3) is 1.72. The topological polar surface area (TPSA) is 40.2 Å². The van der Waals surface area contributed by atoms with Crippen molar-refractivity contribution in [1.29, 1.82) is 0 Å². The maximum Gasteiger partial charge on any atom is 0.508 e. The number of hydrogen-bond acceptors (Lipinski definition) is 4. The summed E-state index contributed by atoms with van der Waals surface area (Å²) in [5.41, 5.74) is 1.87. The molecular formula is C13H22O4Si. The van der Waals surface area contributed by atoms with E-state index in [1.165, 1.54) is 5.57 Å². The van der Waals surface area contributed by atoms with E-state index in [0.717, 1.165) is 12.8 Å². The molecule has 5 heteroatoms. The van der Waals surface area contributed by atoms with E-state index in [9.17, 15) is 0 Å². The third-order valence-corrected chi connectivity index (χ3v) is 7.65. The van der Waals surface area contributed by atoms with Crippen molar-refractivity contribution >= 4 is 8.80 Å². The van der Waals surface area contributed by atoms with Crippen LogP contribution >= 0.6 is 0 Å². The van der Waals surface area contributed by atoms with Gasteiger partial charge in [-0.25, -0.2) is 0 Å². The first-order chi connectivity index (χ1) is 8.69. The minimum Gasteiger partial charge on any atom is -0.373 e. The van der Waals surface area contributed by atoms with Crippen molar-refractivity contribution in [2.75, 3.05) is 19.8 Å². The maximum atomic E-state index is 6.01. The second-order valence-electron chi connectivity index (χ2n) is 5.18. The maximum absolute atomic E-state index is 6.01. The second-order valence-corrected chi connectivity index (χ2v) is 7.95. The molecule has 2 fully saturated rings. The zero-order valence-corrected chi connectivity index (χ0v) is 12.4. The summed E-state index contributed by atoms with van der Waals surface area (Å²) in [6.45, 7) is 7.97. The first kappa shape index (κ1) is 12.8. The van der Waals surface area contributed by atoms with Gasteiger partial charge < -0.3 is 18.0 Å². The molecule has 102 valence electrons. The molecule has 1 saturated carbocycles. The molecule has 4 nitrogen and oxygen atoms in total. The molecule has 1 saturated heterocycles. The highest BCUT2D eigenvalue weighted by molar-refractivity contribution is 6.63. The van der Waals surface area contributed by atoms with Crippen molar-refractivity contribution in [3.05, 3.63) is 11.6 Å². The standard InChI is InChI=1S/C13H22O4Si/c1-4-14-18(15-5-2,16-6-3)11-9-13-8-10(11)7-12(13)17-13/h7,11-12H,4-6,8-9H2,1-3H3. The van der Waals surface area contributed by atoms with Crippen LogP contribution in [0, 0.1) is 0 Å². The van der Waals surface area contributed by atoms with Crippen LogP contribution in [0.5, 0.6) is 0 Å². The molecule has 0 radical (unpaired) electrons. The van der Waals surface area contributed by atoms with Gasteiger partial charge in [-0.3, -0.25) is 0 Å². The van der Waals surface area contributed by atoms with Crippen LogP contribution in [0.4, 0.5) is 0 Å². The molecule has 2 aliphatic carbocycles. The molecule has 3 unspecified atom stereocenters. The van der Waals surface area contributed by atoms with Crippen molar-refractivity contribution in [3.63, 3.8) is 0 Å². The lowest BCUT2D eigenvalue weighted by Gasteiger charge is -2.34. The van der Waals surface area contributed by atoms with Crippen molar-refractivity contribution in [1.82, 2.24) is 0 Å². The summed E-state index contributed by atoms with van der Waals surface area (Å²) in [5, 5.41) is 0. The van der Waals surface area contributed by atoms with Crippen LogP contribution < -0.4 is 0 Å². The molecule has 0 aromatic carbocycles. The predicted octanol–water partition coefficient (Wildman–Crippen LogP) is 2.28. The van der Waals surface area contributed by atoms with Crippen molar-refractivity contribution in [3.8, 4) is 0 Å². The van der Waals surface area contributed by atoms with E-state index in [1.54, 1.807) is 0 Å². The van der Waals surface area contributed by atoms with E-state index in [-0.39, 0.29) is 5.60 Å². The first-order valence-electron chi connectivity index (χ1n) is 7.00. The van der Waals surface area contributed by atoms with Crippen LogP contribution in [0.25, 0.3) is 0 Å². The largest absolute Gasteiger partial charge is 0.508 e. The summed E-state index contributed by atoms with van der Waals surface area (Å²) in [6.07, 6.45) is 4.73. The zero-order valence-electron chi connectivity index (χ0n) is 11.4. The average Bonchev–Trinajstić information content (AvgIpc) is 2.74. The van der Waals surface area contributed by atoms with Crippen molar-refractivity contribution < 1.29 is 18.0 Å². The number of fused-ring (bicyclic) bond motifs is 1. The predicted molar refractivity (Wildman–Crippen MR) is 69.3 cm³/mol. The SMILES string of the molecule is CCO[Si](OCC)(OCC)C1CC23CC1=CC2O3. The molecule has 18 heavy (non-hydrogen) atoms. The Morgan fingerprint density at radius 2 is 1.83 bits per heavy atom. The Hall–Kier alpha value is -0.203. The highest BCUT2D eigenvalue weighted by Gasteiger charge is 2.70. The molecule has 2 bridgehead atoms. The van der Waals surface area contributed by atoms with Gasteiger partial charge in [0.05, 0.1) is 5.54 Å². The molecule has 1 aliphatic heterocycles. The zero-order chi connectivity index (χ0) is 12.8. The minimum atomic E-state index is -2.58. The Labute approximate surface area is 110 Å². The Bertz CT molecular complexity index is 353. The van der Waals surface area contributed by atoms with E-state index in [2.05, 4.69) is 6.08 Å². The van der Waals surface area contributed by atoms with Crippen LogP contribution in [0.2, 0.25) is 5.54 Å². The molecule has 0 amide bonds. The number of rotatable bonds is 7. The number of epoxide rings is 1. The average molecular weight is 270 g/mol. The van der Waals surface area contributed by atoms with Gasteiger partial charge in [0.1, 0.15) is 11.7 Å². The molecule has 3 aliphatic rings. The molecule has 0 N–H and O–H groups in total. The van der Waals surface area contributed by atoms with E-state index < -0.39 is 8.80 Å². The quantitative estimate of drug-likeness (QED) is 0.404. The smallest absolute Gasteiger partial charge is 0.373 e. The van der Waals surface area contributed by atoms with Gasteiger partial charge >= 0.3 is 8.80 Å². The lowest BCUT2D eigenvalue weighted by molar-refractivity contribution is 0.0635. The summed E-state index contributed by atoms with van der Waals surface area (Å²) in [7, 11) is -2.58. The fraction of sp³-hybridized carbons (Fsp3) is 0.846. The number of hydrogen-bond donors (Lipinski definition) is 0. The molecule has 0 aromatic rings. The molecule has 3 atom stereocenters. The summed E-state index contributed by atoms with van der Waals surface area (Å²) in [6, 6.07) is 0. The molecular weight excluding hydrogens is 248 g/mol. The van der Waals surface area contributed by atoms with Crippen LogP contribution in [-0.2, 0) is 18.0 Å². The van der Waals surface area contributed by atoms with Crippen molar-refractivity contribution in [2.24, 2.45) is 0 Å². The summed E-state index contributed by atoms with van der Waals surface area (Å²) in [5.74, 6) is 0. The Morgan fingerprint density at radius 1 is 1.22 bits per heavy atom. The summed E-state index contributed by atoms with van der Waals surface area (Å²) >= 11 is 0. The van der Waals surface area contributed by atoms with Gasteiger partial charge in [-0.1, -0.05) is 11.6 Å². The highest BCUT2D eigenvalue weighted by atomic mass is 28.4. The molecule has 1 heterocycles. The second kappa shape index (κ2) is 4.42. The summed E-state index contributed by atoms with van der Waals surface area (Å²) in [4.78, 5) is 0. The van der Waals surface area contributed by atoms with Crippen LogP contribution in [0.15, 0.2) is 11.6 Å². The number of ether oxygens (including phenoxy) is 1. The van der Waals surface area contributed by atoms with Crippen LogP contribution in [0.3, 0.4) is 0 Å². The molecule has 0 aromatic heterocycles. The highest BCUT2D eigenvalue weighted by Crippen LogP contribution is 2.65. The minimum absolute atomic E-state index is 0.101. The molecule has 3 rings (SSSR count). The van der Waals surface area contributed by atoms with Gasteiger partial charge in [-0.2, -0.15) is 0 Å². The monoisotopic (exact) mass is 270 g/mol. The molecule has 1 spiro atoms. The van der Waals surface area contributed by atoms with E-state index in [0.29, 0.717) is 31.5 Å². The van der Waals surface area contributed by atoms with E-state index >= 15 is 0 Å². The van der Waals surface area contributed by atoms with Gasteiger partial charge in [-0.05, 0) is 27.2 Å².